The second kappa shape index (κ2) is 6.77. The average molecular weight is 387 g/mol. The van der Waals surface area contributed by atoms with E-state index in [-0.39, 0.29) is 24.2 Å². The van der Waals surface area contributed by atoms with E-state index >= 15 is 0 Å². The molecule has 1 saturated heterocycles. The molecule has 1 N–H and O–H groups in total. The molecule has 3 rings (SSSR count). The molecule has 0 unspecified atom stereocenters. The van der Waals surface area contributed by atoms with Crippen molar-refractivity contribution in [2.75, 3.05) is 16.8 Å². The Morgan fingerprint density at radius 1 is 1.17 bits per heavy atom. The molecule has 1 aliphatic rings. The van der Waals surface area contributed by atoms with E-state index in [2.05, 4.69) is 21.2 Å². The minimum atomic E-state index is -0.332. The SMILES string of the molecule is Cc1cc(NC(=O)[C@@H]2CC(=O)N(c3ccccc3)C2)c(C)cc1Br. The number of carbonyl (C=O) groups is 2. The summed E-state index contributed by atoms with van der Waals surface area (Å²) in [6.07, 6.45) is 0.245. The predicted molar refractivity (Wildman–Crippen MR) is 99.1 cm³/mol. The molecule has 24 heavy (non-hydrogen) atoms. The molecule has 124 valence electrons. The van der Waals surface area contributed by atoms with Gasteiger partial charge in [-0.05, 0) is 49.2 Å². The lowest BCUT2D eigenvalue weighted by Crippen LogP contribution is -2.28. The fraction of sp³-hybridized carbons (Fsp3) is 0.263. The molecule has 2 amide bonds. The lowest BCUT2D eigenvalue weighted by molar-refractivity contribution is -0.122. The van der Waals surface area contributed by atoms with Crippen molar-refractivity contribution in [1.29, 1.82) is 0 Å². The number of para-hydroxylation sites is 1. The van der Waals surface area contributed by atoms with Gasteiger partial charge in [0, 0.05) is 28.8 Å². The van der Waals surface area contributed by atoms with Gasteiger partial charge in [-0.1, -0.05) is 34.1 Å². The van der Waals surface area contributed by atoms with Gasteiger partial charge in [0.15, 0.2) is 0 Å². The molecule has 0 spiro atoms. The standard InChI is InChI=1S/C19H19BrN2O2/c1-12-9-17(13(2)8-16(12)20)21-19(24)14-10-18(23)22(11-14)15-6-4-3-5-7-15/h3-9,14H,10-11H2,1-2H3,(H,21,24)/t14-/m1/s1. The summed E-state index contributed by atoms with van der Waals surface area (Å²) in [6.45, 7) is 4.36. The minimum absolute atomic E-state index is 0.00920. The number of aryl methyl sites for hydroxylation is 2. The molecular weight excluding hydrogens is 368 g/mol. The van der Waals surface area contributed by atoms with Crippen molar-refractivity contribution in [2.24, 2.45) is 5.92 Å². The smallest absolute Gasteiger partial charge is 0.229 e. The quantitative estimate of drug-likeness (QED) is 0.864. The molecule has 5 heteroatoms. The van der Waals surface area contributed by atoms with E-state index in [0.29, 0.717) is 6.54 Å². The minimum Gasteiger partial charge on any atom is -0.326 e. The summed E-state index contributed by atoms with van der Waals surface area (Å²) in [5.41, 5.74) is 3.69. The van der Waals surface area contributed by atoms with Crippen LogP contribution in [0.5, 0.6) is 0 Å². The van der Waals surface area contributed by atoms with Crippen molar-refractivity contribution in [1.82, 2.24) is 0 Å². The highest BCUT2D eigenvalue weighted by Crippen LogP contribution is 2.28. The first kappa shape index (κ1) is 16.7. The van der Waals surface area contributed by atoms with Crippen LogP contribution in [0.4, 0.5) is 11.4 Å². The Morgan fingerprint density at radius 2 is 1.88 bits per heavy atom. The first-order valence-corrected chi connectivity index (χ1v) is 8.68. The van der Waals surface area contributed by atoms with Crippen LogP contribution in [0.1, 0.15) is 17.5 Å². The Bertz CT molecular complexity index is 789. The molecule has 0 saturated carbocycles. The lowest BCUT2D eigenvalue weighted by Gasteiger charge is -2.17. The van der Waals surface area contributed by atoms with Crippen LogP contribution in [-0.4, -0.2) is 18.4 Å². The van der Waals surface area contributed by atoms with Crippen molar-refractivity contribution < 1.29 is 9.59 Å². The van der Waals surface area contributed by atoms with Gasteiger partial charge in [0.1, 0.15) is 0 Å². The third-order valence-corrected chi connectivity index (χ3v) is 5.18. The fourth-order valence-electron chi connectivity index (χ4n) is 2.89. The predicted octanol–water partition coefficient (Wildman–Crippen LogP) is 4.06. The Labute approximate surface area is 150 Å². The normalized spacial score (nSPS) is 17.2. The molecule has 0 bridgehead atoms. The zero-order chi connectivity index (χ0) is 17.3. The number of amides is 2. The fourth-order valence-corrected chi connectivity index (χ4v) is 3.35. The molecule has 1 fully saturated rings. The Kier molecular flexibility index (Phi) is 4.71. The van der Waals surface area contributed by atoms with E-state index in [1.165, 1.54) is 0 Å². The molecule has 2 aromatic rings. The Hall–Kier alpha value is -2.14. The summed E-state index contributed by atoms with van der Waals surface area (Å²) in [4.78, 5) is 26.5. The highest BCUT2D eigenvalue weighted by Gasteiger charge is 2.35. The zero-order valence-electron chi connectivity index (χ0n) is 13.7. The van der Waals surface area contributed by atoms with Crippen LogP contribution in [0.3, 0.4) is 0 Å². The largest absolute Gasteiger partial charge is 0.326 e. The zero-order valence-corrected chi connectivity index (χ0v) is 15.3. The van der Waals surface area contributed by atoms with Crippen LogP contribution < -0.4 is 10.2 Å². The monoisotopic (exact) mass is 386 g/mol. The molecule has 0 aromatic heterocycles. The number of carbonyl (C=O) groups excluding carboxylic acids is 2. The molecular formula is C19H19BrN2O2. The maximum absolute atomic E-state index is 12.6. The number of rotatable bonds is 3. The van der Waals surface area contributed by atoms with Crippen LogP contribution in [0, 0.1) is 19.8 Å². The van der Waals surface area contributed by atoms with Gasteiger partial charge in [-0.15, -0.1) is 0 Å². The lowest BCUT2D eigenvalue weighted by atomic mass is 10.1. The Balaban J connectivity index is 1.73. The summed E-state index contributed by atoms with van der Waals surface area (Å²) in [5.74, 6) is -0.447. The highest BCUT2D eigenvalue weighted by molar-refractivity contribution is 9.10. The molecule has 1 aliphatic heterocycles. The first-order chi connectivity index (χ1) is 11.5. The van der Waals surface area contributed by atoms with Crippen molar-refractivity contribution in [3.63, 3.8) is 0 Å². The summed E-state index contributed by atoms with van der Waals surface area (Å²) >= 11 is 3.49. The maximum atomic E-state index is 12.6. The van der Waals surface area contributed by atoms with Crippen molar-refractivity contribution in [3.05, 3.63) is 58.1 Å². The second-order valence-electron chi connectivity index (χ2n) is 6.15. The van der Waals surface area contributed by atoms with E-state index in [1.807, 2.05) is 56.3 Å². The molecule has 1 atom stereocenters. The Morgan fingerprint density at radius 3 is 2.58 bits per heavy atom. The number of hydrogen-bond donors (Lipinski definition) is 1. The van der Waals surface area contributed by atoms with Gasteiger partial charge in [0.25, 0.3) is 0 Å². The van der Waals surface area contributed by atoms with Gasteiger partial charge < -0.3 is 10.2 Å². The van der Waals surface area contributed by atoms with Gasteiger partial charge in [-0.2, -0.15) is 0 Å². The number of halogens is 1. The number of nitrogens with one attached hydrogen (secondary N) is 1. The van der Waals surface area contributed by atoms with Crippen LogP contribution in [-0.2, 0) is 9.59 Å². The molecule has 2 aromatic carbocycles. The van der Waals surface area contributed by atoms with Gasteiger partial charge in [-0.3, -0.25) is 9.59 Å². The van der Waals surface area contributed by atoms with Gasteiger partial charge in [0.05, 0.1) is 5.92 Å². The van der Waals surface area contributed by atoms with Crippen LogP contribution in [0.15, 0.2) is 46.9 Å². The third kappa shape index (κ3) is 3.36. The van der Waals surface area contributed by atoms with Crippen LogP contribution >= 0.6 is 15.9 Å². The van der Waals surface area contributed by atoms with E-state index in [4.69, 9.17) is 0 Å². The summed E-state index contributed by atoms with van der Waals surface area (Å²) in [5, 5.41) is 2.97. The van der Waals surface area contributed by atoms with E-state index in [1.54, 1.807) is 4.90 Å². The number of hydrogen-bond acceptors (Lipinski definition) is 2. The van der Waals surface area contributed by atoms with Crippen molar-refractivity contribution in [2.45, 2.75) is 20.3 Å². The molecule has 0 radical (unpaired) electrons. The number of nitrogens with zero attached hydrogens (tertiary/aromatic N) is 1. The number of anilines is 2. The van der Waals surface area contributed by atoms with Crippen LogP contribution in [0.2, 0.25) is 0 Å². The highest BCUT2D eigenvalue weighted by atomic mass is 79.9. The maximum Gasteiger partial charge on any atom is 0.229 e. The van der Waals surface area contributed by atoms with Crippen molar-refractivity contribution >= 4 is 39.1 Å². The first-order valence-electron chi connectivity index (χ1n) is 7.88. The van der Waals surface area contributed by atoms with Gasteiger partial charge in [0.2, 0.25) is 11.8 Å². The second-order valence-corrected chi connectivity index (χ2v) is 7.00. The third-order valence-electron chi connectivity index (χ3n) is 4.33. The summed E-state index contributed by atoms with van der Waals surface area (Å²) in [6, 6.07) is 13.4. The average Bonchev–Trinajstić information content (AvgIpc) is 2.95. The summed E-state index contributed by atoms with van der Waals surface area (Å²) < 4.78 is 1.02. The molecule has 4 nitrogen and oxygen atoms in total. The topological polar surface area (TPSA) is 49.4 Å². The summed E-state index contributed by atoms with van der Waals surface area (Å²) in [7, 11) is 0. The van der Waals surface area contributed by atoms with E-state index < -0.39 is 0 Å². The van der Waals surface area contributed by atoms with Gasteiger partial charge >= 0.3 is 0 Å². The molecule has 0 aliphatic carbocycles. The van der Waals surface area contributed by atoms with Crippen molar-refractivity contribution in [3.8, 4) is 0 Å². The van der Waals surface area contributed by atoms with Gasteiger partial charge in [-0.25, -0.2) is 0 Å². The number of benzene rings is 2. The van der Waals surface area contributed by atoms with Crippen LogP contribution in [0.25, 0.3) is 0 Å². The van der Waals surface area contributed by atoms with E-state index in [0.717, 1.165) is 27.0 Å². The molecule has 1 heterocycles. The van der Waals surface area contributed by atoms with E-state index in [9.17, 15) is 9.59 Å².